The molecule has 0 saturated heterocycles. The second-order valence-corrected chi connectivity index (χ2v) is 6.79. The number of likely N-dealkylation sites (N-methyl/N-ethyl adjacent to an activating group) is 1. The molecule has 3 rings (SSSR count). The smallest absolute Gasteiger partial charge is 0.317 e. The first kappa shape index (κ1) is 18.7. The predicted octanol–water partition coefficient (Wildman–Crippen LogP) is 3.88. The highest BCUT2D eigenvalue weighted by Gasteiger charge is 2.14. The van der Waals surface area contributed by atoms with Crippen molar-refractivity contribution in [3.05, 3.63) is 89.7 Å². The first-order valence-corrected chi connectivity index (χ1v) is 9.23. The Bertz CT molecular complexity index is 845. The van der Waals surface area contributed by atoms with Crippen molar-refractivity contribution in [2.45, 2.75) is 25.9 Å². The molecule has 1 heterocycles. The van der Waals surface area contributed by atoms with Gasteiger partial charge in [-0.15, -0.1) is 0 Å². The van der Waals surface area contributed by atoms with E-state index in [1.165, 1.54) is 11.1 Å². The maximum atomic E-state index is 12.4. The summed E-state index contributed by atoms with van der Waals surface area (Å²) in [4.78, 5) is 14.2. The van der Waals surface area contributed by atoms with Crippen LogP contribution in [-0.2, 0) is 13.0 Å². The maximum Gasteiger partial charge on any atom is 0.317 e. The summed E-state index contributed by atoms with van der Waals surface area (Å²) >= 11 is 0. The number of aromatic nitrogens is 2. The van der Waals surface area contributed by atoms with Crippen LogP contribution >= 0.6 is 0 Å². The van der Waals surface area contributed by atoms with Gasteiger partial charge in [0.05, 0.1) is 18.8 Å². The predicted molar refractivity (Wildman–Crippen MR) is 107 cm³/mol. The summed E-state index contributed by atoms with van der Waals surface area (Å²) in [7, 11) is 1.82. The third-order valence-electron chi connectivity index (χ3n) is 4.61. The lowest BCUT2D eigenvalue weighted by atomic mass is 10.1. The Hall–Kier alpha value is -3.08. The SMILES string of the molecule is C[C@H](NC(=O)N(C)CCc1ccccc1)c1cnn(Cc2ccccc2)c1. The van der Waals surface area contributed by atoms with Gasteiger partial charge in [0.25, 0.3) is 0 Å². The van der Waals surface area contributed by atoms with E-state index in [0.29, 0.717) is 6.54 Å². The standard InChI is InChI=1S/C22H26N4O/c1-18(21-15-23-26(17-21)16-20-11-7-4-8-12-20)24-22(27)25(2)14-13-19-9-5-3-6-10-19/h3-12,15,17-18H,13-14,16H2,1-2H3,(H,24,27)/t18-/m0/s1. The number of amides is 2. The first-order chi connectivity index (χ1) is 13.1. The van der Waals surface area contributed by atoms with Crippen LogP contribution in [0.4, 0.5) is 4.79 Å². The monoisotopic (exact) mass is 362 g/mol. The molecule has 0 saturated carbocycles. The van der Waals surface area contributed by atoms with Crippen molar-refractivity contribution < 1.29 is 4.79 Å². The molecule has 1 N–H and O–H groups in total. The zero-order chi connectivity index (χ0) is 19.1. The number of nitrogens with zero attached hydrogens (tertiary/aromatic N) is 3. The molecule has 0 fully saturated rings. The fourth-order valence-corrected chi connectivity index (χ4v) is 2.88. The topological polar surface area (TPSA) is 50.2 Å². The Morgan fingerprint density at radius 3 is 2.37 bits per heavy atom. The average Bonchev–Trinajstić information content (AvgIpc) is 3.16. The minimum Gasteiger partial charge on any atom is -0.331 e. The molecule has 5 nitrogen and oxygen atoms in total. The zero-order valence-corrected chi connectivity index (χ0v) is 15.9. The van der Waals surface area contributed by atoms with Crippen LogP contribution in [0.15, 0.2) is 73.1 Å². The molecule has 0 spiro atoms. The molecule has 1 atom stereocenters. The van der Waals surface area contributed by atoms with Crippen LogP contribution in [0, 0.1) is 0 Å². The van der Waals surface area contributed by atoms with Gasteiger partial charge in [-0.2, -0.15) is 5.10 Å². The molecule has 0 unspecified atom stereocenters. The molecule has 2 aromatic carbocycles. The second-order valence-electron chi connectivity index (χ2n) is 6.79. The largest absolute Gasteiger partial charge is 0.331 e. The molecule has 2 amide bonds. The Balaban J connectivity index is 1.50. The maximum absolute atomic E-state index is 12.4. The van der Waals surface area contributed by atoms with Gasteiger partial charge < -0.3 is 10.2 Å². The van der Waals surface area contributed by atoms with Gasteiger partial charge in [0.15, 0.2) is 0 Å². The number of hydrogen-bond acceptors (Lipinski definition) is 2. The number of rotatable bonds is 7. The van der Waals surface area contributed by atoms with Crippen molar-refractivity contribution in [1.82, 2.24) is 20.0 Å². The normalized spacial score (nSPS) is 11.8. The molecular formula is C22H26N4O. The Kier molecular flexibility index (Phi) is 6.26. The molecule has 0 radical (unpaired) electrons. The number of carbonyl (C=O) groups is 1. The van der Waals surface area contributed by atoms with E-state index >= 15 is 0 Å². The van der Waals surface area contributed by atoms with Crippen molar-refractivity contribution >= 4 is 6.03 Å². The van der Waals surface area contributed by atoms with E-state index < -0.39 is 0 Å². The van der Waals surface area contributed by atoms with Gasteiger partial charge in [-0.1, -0.05) is 60.7 Å². The molecule has 3 aromatic rings. The van der Waals surface area contributed by atoms with Gasteiger partial charge in [0.2, 0.25) is 0 Å². The number of hydrogen-bond donors (Lipinski definition) is 1. The van der Waals surface area contributed by atoms with Crippen LogP contribution in [0.3, 0.4) is 0 Å². The number of urea groups is 1. The van der Waals surface area contributed by atoms with Crippen LogP contribution in [0.5, 0.6) is 0 Å². The van der Waals surface area contributed by atoms with Gasteiger partial charge in [0, 0.05) is 25.4 Å². The lowest BCUT2D eigenvalue weighted by molar-refractivity contribution is 0.206. The van der Waals surface area contributed by atoms with E-state index in [-0.39, 0.29) is 12.1 Å². The van der Waals surface area contributed by atoms with Crippen LogP contribution in [0.1, 0.15) is 29.7 Å². The summed E-state index contributed by atoms with van der Waals surface area (Å²) in [6.07, 6.45) is 4.65. The highest BCUT2D eigenvalue weighted by Crippen LogP contribution is 2.13. The summed E-state index contributed by atoms with van der Waals surface area (Å²) in [5.41, 5.74) is 3.42. The van der Waals surface area contributed by atoms with E-state index in [1.807, 2.05) is 67.4 Å². The number of nitrogens with one attached hydrogen (secondary N) is 1. The van der Waals surface area contributed by atoms with Gasteiger partial charge in [-0.05, 0) is 24.5 Å². The Morgan fingerprint density at radius 2 is 1.70 bits per heavy atom. The van der Waals surface area contributed by atoms with Crippen molar-refractivity contribution in [2.75, 3.05) is 13.6 Å². The molecular weight excluding hydrogens is 336 g/mol. The molecule has 27 heavy (non-hydrogen) atoms. The third-order valence-corrected chi connectivity index (χ3v) is 4.61. The van der Waals surface area contributed by atoms with Crippen molar-refractivity contribution in [3.8, 4) is 0 Å². The number of benzene rings is 2. The first-order valence-electron chi connectivity index (χ1n) is 9.23. The summed E-state index contributed by atoms with van der Waals surface area (Å²) in [6.45, 7) is 3.38. The molecule has 0 aliphatic heterocycles. The minimum atomic E-state index is -0.0961. The third kappa shape index (κ3) is 5.45. The van der Waals surface area contributed by atoms with E-state index in [0.717, 1.165) is 18.5 Å². The molecule has 140 valence electrons. The van der Waals surface area contributed by atoms with Gasteiger partial charge >= 0.3 is 6.03 Å². The summed E-state index contributed by atoms with van der Waals surface area (Å²) in [5.74, 6) is 0. The van der Waals surface area contributed by atoms with Crippen molar-refractivity contribution in [2.24, 2.45) is 0 Å². The van der Waals surface area contributed by atoms with Crippen LogP contribution in [0.2, 0.25) is 0 Å². The van der Waals surface area contributed by atoms with Gasteiger partial charge in [-0.25, -0.2) is 4.79 Å². The Morgan fingerprint density at radius 1 is 1.07 bits per heavy atom. The van der Waals surface area contributed by atoms with E-state index in [1.54, 1.807) is 4.90 Å². The average molecular weight is 362 g/mol. The van der Waals surface area contributed by atoms with E-state index in [2.05, 4.69) is 34.7 Å². The van der Waals surface area contributed by atoms with E-state index in [9.17, 15) is 4.79 Å². The van der Waals surface area contributed by atoms with Gasteiger partial charge in [0.1, 0.15) is 0 Å². The van der Waals surface area contributed by atoms with Crippen molar-refractivity contribution in [3.63, 3.8) is 0 Å². The Labute approximate surface area is 160 Å². The summed E-state index contributed by atoms with van der Waals surface area (Å²) < 4.78 is 1.90. The highest BCUT2D eigenvalue weighted by molar-refractivity contribution is 5.74. The zero-order valence-electron chi connectivity index (χ0n) is 15.9. The molecule has 0 aliphatic rings. The quantitative estimate of drug-likeness (QED) is 0.693. The summed E-state index contributed by atoms with van der Waals surface area (Å²) in [5, 5.41) is 7.46. The molecule has 0 bridgehead atoms. The van der Waals surface area contributed by atoms with Gasteiger partial charge in [-0.3, -0.25) is 4.68 Å². The fourth-order valence-electron chi connectivity index (χ4n) is 2.88. The van der Waals surface area contributed by atoms with Crippen LogP contribution in [-0.4, -0.2) is 34.3 Å². The minimum absolute atomic E-state index is 0.0748. The van der Waals surface area contributed by atoms with Crippen LogP contribution < -0.4 is 5.32 Å². The molecule has 0 aliphatic carbocycles. The van der Waals surface area contributed by atoms with E-state index in [4.69, 9.17) is 0 Å². The molecule has 1 aromatic heterocycles. The second kappa shape index (κ2) is 9.03. The van der Waals surface area contributed by atoms with Crippen LogP contribution in [0.25, 0.3) is 0 Å². The van der Waals surface area contributed by atoms with Crippen molar-refractivity contribution in [1.29, 1.82) is 0 Å². The highest BCUT2D eigenvalue weighted by atomic mass is 16.2. The fraction of sp³-hybridized carbons (Fsp3) is 0.273. The molecule has 5 heteroatoms. The lowest BCUT2D eigenvalue weighted by Crippen LogP contribution is -2.39. The lowest BCUT2D eigenvalue weighted by Gasteiger charge is -2.21. The number of carbonyl (C=O) groups excluding carboxylic acids is 1. The summed E-state index contributed by atoms with van der Waals surface area (Å²) in [6, 6.07) is 20.2.